The van der Waals surface area contributed by atoms with Crippen LogP contribution in [-0.2, 0) is 14.3 Å². The number of methoxy groups -OCH3 is 1. The molecule has 2 atom stereocenters. The fourth-order valence-electron chi connectivity index (χ4n) is 0.923. The van der Waals surface area contributed by atoms with E-state index in [0.717, 1.165) is 0 Å². The number of amides is 1. The minimum Gasteiger partial charge on any atom is -0.468 e. The summed E-state index contributed by atoms with van der Waals surface area (Å²) in [6.45, 7) is 6.85. The first-order chi connectivity index (χ1) is 7.17. The zero-order chi connectivity index (χ0) is 12.9. The lowest BCUT2D eigenvalue weighted by Gasteiger charge is -2.23. The summed E-state index contributed by atoms with van der Waals surface area (Å²) < 4.78 is 9.47. The minimum absolute atomic E-state index is 0. The van der Waals surface area contributed by atoms with Crippen molar-refractivity contribution in [2.45, 2.75) is 45.4 Å². The smallest absolute Gasteiger partial charge is 0.407 e. The highest BCUT2D eigenvalue weighted by Crippen LogP contribution is 2.07. The van der Waals surface area contributed by atoms with Crippen molar-refractivity contribution in [3.05, 3.63) is 0 Å². The van der Waals surface area contributed by atoms with Gasteiger partial charge < -0.3 is 20.5 Å². The second-order valence-electron chi connectivity index (χ2n) is 4.48. The number of hydrogen-bond donors (Lipinski definition) is 2. The molecule has 0 heterocycles. The third-order valence-electron chi connectivity index (χ3n) is 1.76. The van der Waals surface area contributed by atoms with Crippen molar-refractivity contribution >= 4 is 24.5 Å². The van der Waals surface area contributed by atoms with Crippen LogP contribution in [0.15, 0.2) is 0 Å². The van der Waals surface area contributed by atoms with Crippen LogP contribution in [0.1, 0.15) is 27.7 Å². The van der Waals surface area contributed by atoms with Gasteiger partial charge in [-0.3, -0.25) is 4.79 Å². The van der Waals surface area contributed by atoms with E-state index in [1.54, 1.807) is 27.7 Å². The number of esters is 1. The summed E-state index contributed by atoms with van der Waals surface area (Å²) in [6, 6.07) is -1.46. The van der Waals surface area contributed by atoms with Crippen LogP contribution in [0.3, 0.4) is 0 Å². The standard InChI is InChI=1S/C10H20N2O4.ClH/c1-6(7(11)8(13)15-5)12-9(14)16-10(2,3)4;/h6-7H,11H2,1-5H3,(H,12,14);1H/t6-,7+;/m1./s1. The van der Waals surface area contributed by atoms with Crippen molar-refractivity contribution in [3.8, 4) is 0 Å². The molecular weight excluding hydrogens is 248 g/mol. The zero-order valence-electron chi connectivity index (χ0n) is 10.8. The SMILES string of the molecule is COC(=O)[C@@H](N)[C@@H](C)NC(=O)OC(C)(C)C.Cl. The Balaban J connectivity index is 0. The first-order valence-corrected chi connectivity index (χ1v) is 5.00. The monoisotopic (exact) mass is 268 g/mol. The van der Waals surface area contributed by atoms with E-state index in [9.17, 15) is 9.59 Å². The number of halogens is 1. The van der Waals surface area contributed by atoms with Gasteiger partial charge >= 0.3 is 12.1 Å². The van der Waals surface area contributed by atoms with Crippen molar-refractivity contribution in [2.24, 2.45) is 5.73 Å². The van der Waals surface area contributed by atoms with E-state index in [2.05, 4.69) is 10.1 Å². The Morgan fingerprint density at radius 3 is 2.12 bits per heavy atom. The molecule has 6 nitrogen and oxygen atoms in total. The molecule has 17 heavy (non-hydrogen) atoms. The number of carbonyl (C=O) groups excluding carboxylic acids is 2. The molecule has 0 saturated carbocycles. The molecule has 0 rings (SSSR count). The van der Waals surface area contributed by atoms with E-state index in [1.165, 1.54) is 7.11 Å². The first kappa shape index (κ1) is 18.4. The predicted octanol–water partition coefficient (Wildman–Crippen LogP) is 0.822. The molecule has 0 radical (unpaired) electrons. The summed E-state index contributed by atoms with van der Waals surface area (Å²) in [5.41, 5.74) is 4.95. The lowest BCUT2D eigenvalue weighted by molar-refractivity contribution is -0.142. The molecule has 0 saturated heterocycles. The summed E-state index contributed by atoms with van der Waals surface area (Å²) in [5, 5.41) is 2.46. The minimum atomic E-state index is -0.905. The summed E-state index contributed by atoms with van der Waals surface area (Å²) in [7, 11) is 1.24. The number of hydrogen-bond acceptors (Lipinski definition) is 5. The van der Waals surface area contributed by atoms with Crippen LogP contribution in [0.2, 0.25) is 0 Å². The van der Waals surface area contributed by atoms with Crippen LogP contribution in [0.25, 0.3) is 0 Å². The maximum Gasteiger partial charge on any atom is 0.407 e. The maximum atomic E-state index is 11.3. The van der Waals surface area contributed by atoms with Crippen LogP contribution in [-0.4, -0.2) is 36.9 Å². The molecule has 0 aliphatic heterocycles. The molecule has 0 aliphatic carbocycles. The Bertz CT molecular complexity index is 266. The molecule has 1 amide bonds. The lowest BCUT2D eigenvalue weighted by Crippen LogP contribution is -2.51. The number of carbonyl (C=O) groups is 2. The normalized spacial score (nSPS) is 14.0. The fourth-order valence-corrected chi connectivity index (χ4v) is 0.923. The van der Waals surface area contributed by atoms with Crippen LogP contribution in [0, 0.1) is 0 Å². The van der Waals surface area contributed by atoms with Gasteiger partial charge in [0.05, 0.1) is 13.2 Å². The molecule has 0 aromatic rings. The van der Waals surface area contributed by atoms with Crippen molar-refractivity contribution in [1.29, 1.82) is 0 Å². The van der Waals surface area contributed by atoms with E-state index in [0.29, 0.717) is 0 Å². The molecule has 0 spiro atoms. The summed E-state index contributed by atoms with van der Waals surface area (Å²) >= 11 is 0. The van der Waals surface area contributed by atoms with Crippen LogP contribution >= 0.6 is 12.4 Å². The molecule has 0 aromatic heterocycles. The van der Waals surface area contributed by atoms with Gasteiger partial charge in [-0.15, -0.1) is 12.4 Å². The van der Waals surface area contributed by atoms with Gasteiger partial charge in [0.25, 0.3) is 0 Å². The van der Waals surface area contributed by atoms with Crippen LogP contribution in [0.5, 0.6) is 0 Å². The van der Waals surface area contributed by atoms with E-state index in [1.807, 2.05) is 0 Å². The molecule has 0 aromatic carbocycles. The van der Waals surface area contributed by atoms with Gasteiger partial charge in [0, 0.05) is 0 Å². The predicted molar refractivity (Wildman–Crippen MR) is 66.1 cm³/mol. The van der Waals surface area contributed by atoms with Crippen molar-refractivity contribution in [3.63, 3.8) is 0 Å². The van der Waals surface area contributed by atoms with Gasteiger partial charge in [0.2, 0.25) is 0 Å². The van der Waals surface area contributed by atoms with Crippen LogP contribution in [0.4, 0.5) is 4.79 Å². The van der Waals surface area contributed by atoms with Gasteiger partial charge in [0.15, 0.2) is 0 Å². The van der Waals surface area contributed by atoms with Crippen LogP contribution < -0.4 is 11.1 Å². The molecule has 0 bridgehead atoms. The Labute approximate surface area is 108 Å². The Morgan fingerprint density at radius 1 is 1.29 bits per heavy atom. The zero-order valence-corrected chi connectivity index (χ0v) is 11.6. The second kappa shape index (κ2) is 7.34. The number of ether oxygens (including phenoxy) is 2. The Kier molecular flexibility index (Phi) is 7.93. The topological polar surface area (TPSA) is 90.6 Å². The number of nitrogens with two attached hydrogens (primary N) is 1. The van der Waals surface area contributed by atoms with Gasteiger partial charge in [-0.2, -0.15) is 0 Å². The highest BCUT2D eigenvalue weighted by Gasteiger charge is 2.25. The summed E-state index contributed by atoms with van der Waals surface area (Å²) in [5.74, 6) is -0.580. The van der Waals surface area contributed by atoms with Gasteiger partial charge in [-0.05, 0) is 27.7 Å². The average Bonchev–Trinajstić information content (AvgIpc) is 2.12. The van der Waals surface area contributed by atoms with Crippen molar-refractivity contribution in [1.82, 2.24) is 5.32 Å². The Hall–Kier alpha value is -1.01. The average molecular weight is 269 g/mol. The molecular formula is C10H21ClN2O4. The summed E-state index contributed by atoms with van der Waals surface area (Å²) in [6.07, 6.45) is -0.612. The first-order valence-electron chi connectivity index (χ1n) is 5.00. The van der Waals surface area contributed by atoms with Gasteiger partial charge in [0.1, 0.15) is 11.6 Å². The molecule has 3 N–H and O–H groups in total. The summed E-state index contributed by atoms with van der Waals surface area (Å²) in [4.78, 5) is 22.4. The fraction of sp³-hybridized carbons (Fsp3) is 0.800. The third kappa shape index (κ3) is 7.82. The van der Waals surface area contributed by atoms with Gasteiger partial charge in [-0.25, -0.2) is 4.79 Å². The van der Waals surface area contributed by atoms with E-state index >= 15 is 0 Å². The highest BCUT2D eigenvalue weighted by molar-refractivity contribution is 5.85. The Morgan fingerprint density at radius 2 is 1.76 bits per heavy atom. The van der Waals surface area contributed by atoms with Crippen molar-refractivity contribution < 1.29 is 19.1 Å². The quantitative estimate of drug-likeness (QED) is 0.740. The largest absolute Gasteiger partial charge is 0.468 e. The van der Waals surface area contributed by atoms with Gasteiger partial charge in [-0.1, -0.05) is 0 Å². The highest BCUT2D eigenvalue weighted by atomic mass is 35.5. The number of rotatable bonds is 3. The molecule has 102 valence electrons. The number of alkyl carbamates (subject to hydrolysis) is 1. The van der Waals surface area contributed by atoms with E-state index < -0.39 is 29.7 Å². The molecule has 7 heteroatoms. The molecule has 0 fully saturated rings. The number of nitrogens with one attached hydrogen (secondary N) is 1. The van der Waals surface area contributed by atoms with Crippen molar-refractivity contribution in [2.75, 3.05) is 7.11 Å². The van der Waals surface area contributed by atoms with E-state index in [4.69, 9.17) is 10.5 Å². The maximum absolute atomic E-state index is 11.3. The van der Waals surface area contributed by atoms with E-state index in [-0.39, 0.29) is 12.4 Å². The second-order valence-corrected chi connectivity index (χ2v) is 4.48. The molecule has 0 unspecified atom stereocenters. The lowest BCUT2D eigenvalue weighted by atomic mass is 10.1. The third-order valence-corrected chi connectivity index (χ3v) is 1.76. The molecule has 0 aliphatic rings.